The third-order valence-electron chi connectivity index (χ3n) is 5.02. The number of hydrogen-bond acceptors (Lipinski definition) is 6. The summed E-state index contributed by atoms with van der Waals surface area (Å²) in [5.74, 6) is -2.26. The SMILES string of the molecule is COc1ccc(F)cc1/C(O)=C1/C(=O)C(=O)N(c2ccccc2OC)C1c1cccs1. The molecule has 2 heterocycles. The molecule has 1 unspecified atom stereocenters. The molecule has 2 aromatic carbocycles. The summed E-state index contributed by atoms with van der Waals surface area (Å²) in [4.78, 5) is 28.2. The van der Waals surface area contributed by atoms with Crippen molar-refractivity contribution in [3.63, 3.8) is 0 Å². The predicted octanol–water partition coefficient (Wildman–Crippen LogP) is 4.53. The summed E-state index contributed by atoms with van der Waals surface area (Å²) in [5, 5.41) is 12.9. The van der Waals surface area contributed by atoms with Crippen LogP contribution in [-0.2, 0) is 9.59 Å². The molecule has 4 rings (SSSR count). The normalized spacial score (nSPS) is 17.8. The van der Waals surface area contributed by atoms with Crippen LogP contribution in [0.4, 0.5) is 10.1 Å². The summed E-state index contributed by atoms with van der Waals surface area (Å²) >= 11 is 1.33. The molecular weight excluding hydrogens is 421 g/mol. The van der Waals surface area contributed by atoms with Gasteiger partial charge in [0.1, 0.15) is 29.1 Å². The van der Waals surface area contributed by atoms with Gasteiger partial charge >= 0.3 is 0 Å². The van der Waals surface area contributed by atoms with E-state index >= 15 is 0 Å². The summed E-state index contributed by atoms with van der Waals surface area (Å²) in [6.45, 7) is 0. The minimum Gasteiger partial charge on any atom is -0.507 e. The molecule has 8 heteroatoms. The Bertz CT molecular complexity index is 1190. The monoisotopic (exact) mass is 439 g/mol. The smallest absolute Gasteiger partial charge is 0.300 e. The number of ketones is 1. The highest BCUT2D eigenvalue weighted by Crippen LogP contribution is 2.46. The van der Waals surface area contributed by atoms with Crippen molar-refractivity contribution >= 4 is 34.5 Å². The summed E-state index contributed by atoms with van der Waals surface area (Å²) in [6, 6.07) is 13.0. The lowest BCUT2D eigenvalue weighted by Crippen LogP contribution is -2.29. The predicted molar refractivity (Wildman–Crippen MR) is 115 cm³/mol. The van der Waals surface area contributed by atoms with Gasteiger partial charge in [0.05, 0.1) is 31.0 Å². The van der Waals surface area contributed by atoms with Crippen molar-refractivity contribution in [1.29, 1.82) is 0 Å². The molecule has 0 saturated carbocycles. The van der Waals surface area contributed by atoms with Crippen LogP contribution >= 0.6 is 11.3 Å². The standard InChI is InChI=1S/C23H18FNO5S/c1-29-16-10-9-13(24)12-14(16)21(26)19-20(18-8-5-11-31-18)25(23(28)22(19)27)15-6-3-4-7-17(15)30-2/h3-12,20,26H,1-2H3/b21-19-. The number of Topliss-reactive ketones (excluding diaryl/α,β-unsaturated/α-hetero) is 1. The van der Waals surface area contributed by atoms with Crippen LogP contribution in [0.5, 0.6) is 11.5 Å². The highest BCUT2D eigenvalue weighted by atomic mass is 32.1. The average Bonchev–Trinajstić information content (AvgIpc) is 3.40. The highest BCUT2D eigenvalue weighted by molar-refractivity contribution is 7.10. The van der Waals surface area contributed by atoms with Crippen molar-refractivity contribution in [3.05, 3.63) is 81.8 Å². The van der Waals surface area contributed by atoms with Gasteiger partial charge in [0.2, 0.25) is 0 Å². The largest absolute Gasteiger partial charge is 0.507 e. The number of thiophene rings is 1. The number of hydrogen-bond donors (Lipinski definition) is 1. The number of benzene rings is 2. The van der Waals surface area contributed by atoms with E-state index in [0.717, 1.165) is 6.07 Å². The topological polar surface area (TPSA) is 76.1 Å². The second-order valence-corrected chi connectivity index (χ2v) is 7.68. The number of halogens is 1. The van der Waals surface area contributed by atoms with Gasteiger partial charge in [-0.2, -0.15) is 0 Å². The quantitative estimate of drug-likeness (QED) is 0.359. The molecule has 0 aliphatic carbocycles. The molecule has 1 aliphatic heterocycles. The van der Waals surface area contributed by atoms with E-state index in [1.54, 1.807) is 41.8 Å². The number of amides is 1. The summed E-state index contributed by atoms with van der Waals surface area (Å²) < 4.78 is 24.6. The highest BCUT2D eigenvalue weighted by Gasteiger charge is 2.48. The first kappa shape index (κ1) is 20.6. The Morgan fingerprint density at radius 2 is 1.77 bits per heavy atom. The first-order valence-corrected chi connectivity index (χ1v) is 10.2. The van der Waals surface area contributed by atoms with Crippen LogP contribution in [-0.4, -0.2) is 31.0 Å². The van der Waals surface area contributed by atoms with Gasteiger partial charge < -0.3 is 14.6 Å². The van der Waals surface area contributed by atoms with E-state index in [9.17, 15) is 19.1 Å². The molecule has 1 aliphatic rings. The zero-order chi connectivity index (χ0) is 22.1. The third kappa shape index (κ3) is 3.44. The number of rotatable bonds is 5. The van der Waals surface area contributed by atoms with Crippen molar-refractivity contribution in [2.75, 3.05) is 19.1 Å². The molecule has 158 valence electrons. The Balaban J connectivity index is 1.98. The van der Waals surface area contributed by atoms with Crippen molar-refractivity contribution < 1.29 is 28.6 Å². The van der Waals surface area contributed by atoms with Gasteiger partial charge in [0, 0.05) is 4.88 Å². The van der Waals surface area contributed by atoms with E-state index in [4.69, 9.17) is 9.47 Å². The van der Waals surface area contributed by atoms with Crippen LogP contribution in [0.2, 0.25) is 0 Å². The number of ether oxygens (including phenoxy) is 2. The summed E-state index contributed by atoms with van der Waals surface area (Å²) in [6.07, 6.45) is 0. The first-order chi connectivity index (χ1) is 15.0. The van der Waals surface area contributed by atoms with Gasteiger partial charge in [-0.1, -0.05) is 18.2 Å². The van der Waals surface area contributed by atoms with Crippen molar-refractivity contribution in [2.45, 2.75) is 6.04 Å². The molecule has 1 aromatic heterocycles. The number of anilines is 1. The van der Waals surface area contributed by atoms with Crippen molar-refractivity contribution in [1.82, 2.24) is 0 Å². The van der Waals surface area contributed by atoms with Crippen LogP contribution < -0.4 is 14.4 Å². The zero-order valence-electron chi connectivity index (χ0n) is 16.7. The number of aliphatic hydroxyl groups excluding tert-OH is 1. The third-order valence-corrected chi connectivity index (χ3v) is 5.94. The minimum atomic E-state index is -0.913. The molecule has 1 saturated heterocycles. The van der Waals surface area contributed by atoms with Gasteiger partial charge in [-0.05, 0) is 41.8 Å². The van der Waals surface area contributed by atoms with Crippen LogP contribution in [0.1, 0.15) is 16.5 Å². The molecule has 1 atom stereocenters. The molecule has 0 spiro atoms. The van der Waals surface area contributed by atoms with Gasteiger partial charge in [0.25, 0.3) is 11.7 Å². The van der Waals surface area contributed by atoms with Gasteiger partial charge in [-0.25, -0.2) is 4.39 Å². The Hall–Kier alpha value is -3.65. The van der Waals surface area contributed by atoms with E-state index in [-0.39, 0.29) is 16.9 Å². The molecule has 1 fully saturated rings. The fourth-order valence-electron chi connectivity index (χ4n) is 3.64. The average molecular weight is 439 g/mol. The second-order valence-electron chi connectivity index (χ2n) is 6.70. The Labute approximate surface area is 181 Å². The lowest BCUT2D eigenvalue weighted by atomic mass is 9.99. The molecule has 31 heavy (non-hydrogen) atoms. The van der Waals surface area contributed by atoms with Crippen molar-refractivity contribution in [3.8, 4) is 11.5 Å². The number of carbonyl (C=O) groups is 2. The van der Waals surface area contributed by atoms with Crippen LogP contribution in [0.3, 0.4) is 0 Å². The van der Waals surface area contributed by atoms with E-state index in [2.05, 4.69) is 0 Å². The molecular formula is C23H18FNO5S. The maximum Gasteiger partial charge on any atom is 0.300 e. The zero-order valence-corrected chi connectivity index (χ0v) is 17.5. The molecule has 1 amide bonds. The molecule has 1 N–H and O–H groups in total. The van der Waals surface area contributed by atoms with E-state index in [1.165, 1.54) is 42.6 Å². The van der Waals surface area contributed by atoms with E-state index < -0.39 is 29.3 Å². The maximum absolute atomic E-state index is 13.9. The fraction of sp³-hybridized carbons (Fsp3) is 0.130. The van der Waals surface area contributed by atoms with Gasteiger partial charge in [-0.3, -0.25) is 14.5 Å². The Kier molecular flexibility index (Phi) is 5.48. The molecule has 0 bridgehead atoms. The summed E-state index contributed by atoms with van der Waals surface area (Å²) in [7, 11) is 2.83. The lowest BCUT2D eigenvalue weighted by molar-refractivity contribution is -0.132. The number of methoxy groups -OCH3 is 2. The molecule has 0 radical (unpaired) electrons. The van der Waals surface area contributed by atoms with Gasteiger partial charge in [-0.15, -0.1) is 11.3 Å². The number of carbonyl (C=O) groups excluding carboxylic acids is 2. The Morgan fingerprint density at radius 3 is 2.45 bits per heavy atom. The van der Waals surface area contributed by atoms with Gasteiger partial charge in [0.15, 0.2) is 0 Å². The van der Waals surface area contributed by atoms with E-state index in [0.29, 0.717) is 16.3 Å². The molecule has 3 aromatic rings. The number of para-hydroxylation sites is 2. The maximum atomic E-state index is 13.9. The first-order valence-electron chi connectivity index (χ1n) is 9.29. The molecule has 6 nitrogen and oxygen atoms in total. The number of nitrogens with zero attached hydrogens (tertiary/aromatic N) is 1. The summed E-state index contributed by atoms with van der Waals surface area (Å²) in [5.41, 5.74) is 0.222. The fourth-order valence-corrected chi connectivity index (χ4v) is 4.46. The second kappa shape index (κ2) is 8.23. The van der Waals surface area contributed by atoms with Crippen molar-refractivity contribution in [2.24, 2.45) is 0 Å². The van der Waals surface area contributed by atoms with Crippen LogP contribution in [0.15, 0.2) is 65.6 Å². The minimum absolute atomic E-state index is 0.0120. The van der Waals surface area contributed by atoms with Crippen LogP contribution in [0, 0.1) is 5.82 Å². The Morgan fingerprint density at radius 1 is 1.03 bits per heavy atom. The lowest BCUT2D eigenvalue weighted by Gasteiger charge is -2.25. The number of aliphatic hydroxyl groups is 1. The van der Waals surface area contributed by atoms with Crippen LogP contribution in [0.25, 0.3) is 5.76 Å². The van der Waals surface area contributed by atoms with E-state index in [1.807, 2.05) is 0 Å².